The van der Waals surface area contributed by atoms with Gasteiger partial charge in [-0.05, 0) is 24.1 Å². The molecule has 146 valence electrons. The number of carbonyl (C=O) groups is 4. The number of Topliss-reactive ketones (excluding diaryl/α,β-unsaturated/α-hetero) is 1. The zero-order valence-electron chi connectivity index (χ0n) is 15.7. The van der Waals surface area contributed by atoms with Crippen LogP contribution in [0.2, 0.25) is 0 Å². The molecule has 0 spiro atoms. The number of ketones is 1. The van der Waals surface area contributed by atoms with Crippen LogP contribution in [0.5, 0.6) is 5.75 Å². The molecular weight excluding hydrogens is 352 g/mol. The molecule has 1 aliphatic rings. The van der Waals surface area contributed by atoms with Crippen molar-refractivity contribution >= 4 is 29.3 Å². The van der Waals surface area contributed by atoms with E-state index >= 15 is 0 Å². The molecule has 0 aromatic heterocycles. The third-order valence-corrected chi connectivity index (χ3v) is 4.64. The van der Waals surface area contributed by atoms with Crippen molar-refractivity contribution in [3.8, 4) is 5.75 Å². The van der Waals surface area contributed by atoms with E-state index in [2.05, 4.69) is 5.32 Å². The maximum Gasteiger partial charge on any atom is 0.326 e. The number of rotatable bonds is 8. The number of amides is 2. The van der Waals surface area contributed by atoms with Gasteiger partial charge in [0.25, 0.3) is 5.91 Å². The van der Waals surface area contributed by atoms with Gasteiger partial charge in [-0.15, -0.1) is 0 Å². The van der Waals surface area contributed by atoms with Gasteiger partial charge in [0.2, 0.25) is 5.91 Å². The summed E-state index contributed by atoms with van der Waals surface area (Å²) < 4.78 is 5.36. The first kappa shape index (κ1) is 20.4. The van der Waals surface area contributed by atoms with E-state index < -0.39 is 23.8 Å². The van der Waals surface area contributed by atoms with Gasteiger partial charge < -0.3 is 15.2 Å². The molecule has 2 amide bonds. The summed E-state index contributed by atoms with van der Waals surface area (Å²) in [6.07, 6.45) is 0.891. The largest absolute Gasteiger partial charge is 0.482 e. The number of aliphatic carboxylic acids is 1. The Morgan fingerprint density at radius 3 is 2.59 bits per heavy atom. The van der Waals surface area contributed by atoms with Crippen LogP contribution in [0, 0.1) is 5.92 Å². The van der Waals surface area contributed by atoms with Crippen LogP contribution in [0.3, 0.4) is 0 Å². The summed E-state index contributed by atoms with van der Waals surface area (Å²) in [5.41, 5.74) is 0.749. The van der Waals surface area contributed by atoms with Crippen molar-refractivity contribution in [2.75, 3.05) is 18.1 Å². The quantitative estimate of drug-likeness (QED) is 0.667. The Balaban J connectivity index is 2.23. The normalized spacial score (nSPS) is 15.4. The standard InChI is InChI=1S/C19H24N2O6/c1-4-11(3)18(19(25)26)20-16(23)9-21-13-8-12(14(22)5-2)6-7-15(13)27-10-17(21)24/h6-8,11,18H,4-5,9-10H2,1-3H3,(H,20,23)(H,25,26). The highest BCUT2D eigenvalue weighted by molar-refractivity contribution is 6.04. The molecule has 1 aromatic carbocycles. The lowest BCUT2D eigenvalue weighted by Crippen LogP contribution is -2.51. The number of anilines is 1. The van der Waals surface area contributed by atoms with Gasteiger partial charge in [0.05, 0.1) is 5.69 Å². The minimum absolute atomic E-state index is 0.0945. The van der Waals surface area contributed by atoms with Crippen molar-refractivity contribution in [3.05, 3.63) is 23.8 Å². The maximum absolute atomic E-state index is 12.4. The van der Waals surface area contributed by atoms with Crippen molar-refractivity contribution in [2.45, 2.75) is 39.7 Å². The Bertz CT molecular complexity index is 761. The molecule has 1 aliphatic heterocycles. The molecule has 0 saturated heterocycles. The highest BCUT2D eigenvalue weighted by atomic mass is 16.5. The van der Waals surface area contributed by atoms with Crippen molar-refractivity contribution in [1.29, 1.82) is 0 Å². The second kappa shape index (κ2) is 8.66. The Hall–Kier alpha value is -2.90. The molecule has 2 atom stereocenters. The second-order valence-electron chi connectivity index (χ2n) is 6.50. The predicted molar refractivity (Wildman–Crippen MR) is 97.9 cm³/mol. The van der Waals surface area contributed by atoms with E-state index in [-0.39, 0.29) is 24.9 Å². The number of hydrogen-bond acceptors (Lipinski definition) is 5. The number of nitrogens with one attached hydrogen (secondary N) is 1. The van der Waals surface area contributed by atoms with Crippen LogP contribution in [-0.2, 0) is 14.4 Å². The average molecular weight is 376 g/mol. The molecule has 1 heterocycles. The molecule has 0 saturated carbocycles. The van der Waals surface area contributed by atoms with Crippen LogP contribution < -0.4 is 15.0 Å². The van der Waals surface area contributed by atoms with Gasteiger partial charge in [-0.3, -0.25) is 19.3 Å². The van der Waals surface area contributed by atoms with Gasteiger partial charge in [-0.25, -0.2) is 4.79 Å². The van der Waals surface area contributed by atoms with Gasteiger partial charge in [0.1, 0.15) is 18.3 Å². The average Bonchev–Trinajstić information content (AvgIpc) is 2.66. The molecule has 0 bridgehead atoms. The number of carbonyl (C=O) groups excluding carboxylic acids is 3. The first-order valence-electron chi connectivity index (χ1n) is 8.91. The SMILES string of the molecule is CCC(=O)c1ccc2c(c1)N(CC(=O)NC(C(=O)O)C(C)CC)C(=O)CO2. The third kappa shape index (κ3) is 4.64. The summed E-state index contributed by atoms with van der Waals surface area (Å²) >= 11 is 0. The molecule has 0 radical (unpaired) electrons. The first-order chi connectivity index (χ1) is 12.8. The molecule has 0 fully saturated rings. The Kier molecular flexibility index (Phi) is 6.55. The zero-order chi connectivity index (χ0) is 20.1. The van der Waals surface area contributed by atoms with E-state index in [1.54, 1.807) is 26.0 Å². The minimum Gasteiger partial charge on any atom is -0.482 e. The van der Waals surface area contributed by atoms with E-state index in [0.717, 1.165) is 0 Å². The lowest BCUT2D eigenvalue weighted by molar-refractivity contribution is -0.143. The van der Waals surface area contributed by atoms with Crippen LogP contribution in [0.15, 0.2) is 18.2 Å². The lowest BCUT2D eigenvalue weighted by atomic mass is 9.99. The smallest absolute Gasteiger partial charge is 0.326 e. The monoisotopic (exact) mass is 376 g/mol. The molecule has 0 aliphatic carbocycles. The van der Waals surface area contributed by atoms with Gasteiger partial charge in [-0.1, -0.05) is 27.2 Å². The summed E-state index contributed by atoms with van der Waals surface area (Å²) in [6.45, 7) is 4.72. The molecule has 27 heavy (non-hydrogen) atoms. The number of benzene rings is 1. The maximum atomic E-state index is 12.4. The van der Waals surface area contributed by atoms with E-state index in [0.29, 0.717) is 29.8 Å². The van der Waals surface area contributed by atoms with E-state index in [1.165, 1.54) is 11.0 Å². The van der Waals surface area contributed by atoms with Crippen LogP contribution in [0.1, 0.15) is 44.0 Å². The number of hydrogen-bond donors (Lipinski definition) is 2. The Morgan fingerprint density at radius 1 is 1.30 bits per heavy atom. The minimum atomic E-state index is -1.12. The molecule has 2 rings (SSSR count). The summed E-state index contributed by atoms with van der Waals surface area (Å²) in [4.78, 5) is 49.2. The molecule has 8 heteroatoms. The number of nitrogens with zero attached hydrogens (tertiary/aromatic N) is 1. The van der Waals surface area contributed by atoms with Crippen molar-refractivity contribution in [1.82, 2.24) is 5.32 Å². The fourth-order valence-electron chi connectivity index (χ4n) is 2.80. The van der Waals surface area contributed by atoms with Crippen LogP contribution in [0.25, 0.3) is 0 Å². The van der Waals surface area contributed by atoms with Crippen LogP contribution >= 0.6 is 0 Å². The van der Waals surface area contributed by atoms with E-state index in [4.69, 9.17) is 4.74 Å². The van der Waals surface area contributed by atoms with Crippen LogP contribution in [-0.4, -0.2) is 47.9 Å². The number of ether oxygens (including phenoxy) is 1. The summed E-state index contributed by atoms with van der Waals surface area (Å²) in [5, 5.41) is 11.8. The highest BCUT2D eigenvalue weighted by Gasteiger charge is 2.31. The zero-order valence-corrected chi connectivity index (χ0v) is 15.7. The predicted octanol–water partition coefficient (Wildman–Crippen LogP) is 1.62. The summed E-state index contributed by atoms with van der Waals surface area (Å²) in [6, 6.07) is 3.69. The molecule has 8 nitrogen and oxygen atoms in total. The Morgan fingerprint density at radius 2 is 2.00 bits per heavy atom. The lowest BCUT2D eigenvalue weighted by Gasteiger charge is -2.30. The second-order valence-corrected chi connectivity index (χ2v) is 6.50. The van der Waals surface area contributed by atoms with Crippen LogP contribution in [0.4, 0.5) is 5.69 Å². The summed E-state index contributed by atoms with van der Waals surface area (Å²) in [7, 11) is 0. The molecular formula is C19H24N2O6. The molecule has 1 aromatic rings. The fourth-order valence-corrected chi connectivity index (χ4v) is 2.80. The topological polar surface area (TPSA) is 113 Å². The van der Waals surface area contributed by atoms with Crippen molar-refractivity contribution in [3.63, 3.8) is 0 Å². The summed E-state index contributed by atoms with van der Waals surface area (Å²) in [5.74, 6) is -2.10. The van der Waals surface area contributed by atoms with Crippen molar-refractivity contribution < 1.29 is 29.0 Å². The van der Waals surface area contributed by atoms with E-state index in [9.17, 15) is 24.3 Å². The van der Waals surface area contributed by atoms with Gasteiger partial charge in [0.15, 0.2) is 12.4 Å². The van der Waals surface area contributed by atoms with Gasteiger partial charge in [-0.2, -0.15) is 0 Å². The highest BCUT2D eigenvalue weighted by Crippen LogP contribution is 2.33. The fraction of sp³-hybridized carbons (Fsp3) is 0.474. The number of fused-ring (bicyclic) bond motifs is 1. The molecule has 2 unspecified atom stereocenters. The molecule has 2 N–H and O–H groups in total. The number of carboxylic acids is 1. The van der Waals surface area contributed by atoms with Crippen molar-refractivity contribution in [2.24, 2.45) is 5.92 Å². The van der Waals surface area contributed by atoms with Gasteiger partial charge in [0, 0.05) is 12.0 Å². The third-order valence-electron chi connectivity index (χ3n) is 4.64. The number of carboxylic acid groups (broad SMARTS) is 1. The van der Waals surface area contributed by atoms with E-state index in [1.807, 2.05) is 6.92 Å². The Labute approximate surface area is 157 Å². The first-order valence-corrected chi connectivity index (χ1v) is 8.91. The van der Waals surface area contributed by atoms with Gasteiger partial charge >= 0.3 is 5.97 Å².